The number of benzene rings is 2. The monoisotopic (exact) mass is 572 g/mol. The third-order valence-electron chi connectivity index (χ3n) is 7.93. The molecule has 5 rings (SSSR count). The zero-order valence-electron chi connectivity index (χ0n) is 24.2. The van der Waals surface area contributed by atoms with E-state index in [1.807, 2.05) is 46.2 Å². The molecule has 1 aliphatic heterocycles. The molecule has 1 fully saturated rings. The number of aliphatic hydroxyl groups excluding tert-OH is 1. The molecule has 0 unspecified atom stereocenters. The lowest BCUT2D eigenvalue weighted by molar-refractivity contribution is -0.136. The van der Waals surface area contributed by atoms with Crippen LogP contribution in [0.15, 0.2) is 48.5 Å². The minimum Gasteiger partial charge on any atom is -0.481 e. The lowest BCUT2D eigenvalue weighted by Crippen LogP contribution is -2.40. The molecule has 1 atom stereocenters. The fraction of sp³-hybridized carbons (Fsp3) is 0.438. The van der Waals surface area contributed by atoms with Gasteiger partial charge >= 0.3 is 5.97 Å². The number of nitrogen functional groups attached to an aromatic ring is 1. The normalized spacial score (nSPS) is 15.5. The van der Waals surface area contributed by atoms with E-state index in [2.05, 4.69) is 22.5 Å². The van der Waals surface area contributed by atoms with Gasteiger partial charge in [-0.25, -0.2) is 9.97 Å². The second-order valence-electron chi connectivity index (χ2n) is 11.2. The molecule has 222 valence electrons. The number of carbonyl (C=O) groups is 2. The molecule has 42 heavy (non-hydrogen) atoms. The van der Waals surface area contributed by atoms with E-state index in [9.17, 15) is 19.8 Å². The van der Waals surface area contributed by atoms with Gasteiger partial charge in [-0.05, 0) is 36.5 Å². The lowest BCUT2D eigenvalue weighted by Gasteiger charge is -2.26. The summed E-state index contributed by atoms with van der Waals surface area (Å²) in [4.78, 5) is 38.2. The highest BCUT2D eigenvalue weighted by atomic mass is 16.4. The number of carboxylic acids is 1. The number of hydrogen-bond donors (Lipinski definition) is 3. The number of aromatic nitrogens is 3. The molecule has 0 spiro atoms. The Morgan fingerprint density at radius 3 is 2.67 bits per heavy atom. The number of aliphatic carboxylic acids is 1. The van der Waals surface area contributed by atoms with E-state index in [-0.39, 0.29) is 18.9 Å². The summed E-state index contributed by atoms with van der Waals surface area (Å²) >= 11 is 0. The van der Waals surface area contributed by atoms with Crippen LogP contribution in [0.25, 0.3) is 21.9 Å². The van der Waals surface area contributed by atoms with Crippen molar-refractivity contribution in [3.63, 3.8) is 0 Å². The number of aryl methyl sites for hydroxylation is 2. The van der Waals surface area contributed by atoms with Crippen molar-refractivity contribution in [2.45, 2.75) is 64.6 Å². The van der Waals surface area contributed by atoms with E-state index < -0.39 is 12.1 Å². The number of rotatable bonds is 13. The average Bonchev–Trinajstić information content (AvgIpc) is 3.54. The average molecular weight is 573 g/mol. The van der Waals surface area contributed by atoms with Gasteiger partial charge in [0.15, 0.2) is 5.82 Å². The minimum absolute atomic E-state index is 0.00618. The van der Waals surface area contributed by atoms with E-state index in [0.717, 1.165) is 52.6 Å². The van der Waals surface area contributed by atoms with Crippen LogP contribution in [0.5, 0.6) is 0 Å². The number of amides is 1. The zero-order valence-corrected chi connectivity index (χ0v) is 24.2. The largest absolute Gasteiger partial charge is 0.481 e. The van der Waals surface area contributed by atoms with Gasteiger partial charge in [0.25, 0.3) is 0 Å². The van der Waals surface area contributed by atoms with Crippen LogP contribution in [0.1, 0.15) is 49.6 Å². The predicted molar refractivity (Wildman–Crippen MR) is 163 cm³/mol. The van der Waals surface area contributed by atoms with Crippen LogP contribution in [0.2, 0.25) is 0 Å². The first kappa shape index (κ1) is 29.5. The molecule has 10 nitrogen and oxygen atoms in total. The Hall–Kier alpha value is -4.02. The number of imidazole rings is 1. The Kier molecular flexibility index (Phi) is 9.34. The maximum absolute atomic E-state index is 13.6. The highest BCUT2D eigenvalue weighted by molar-refractivity contribution is 6.06. The van der Waals surface area contributed by atoms with Gasteiger partial charge < -0.3 is 25.4 Å². The Balaban J connectivity index is 1.40. The minimum atomic E-state index is -0.887. The van der Waals surface area contributed by atoms with E-state index in [4.69, 9.17) is 10.7 Å². The number of para-hydroxylation sites is 1. The number of unbranched alkanes of at least 4 members (excludes halogenated alkanes) is 1. The summed E-state index contributed by atoms with van der Waals surface area (Å²) in [5, 5.41) is 20.2. The predicted octanol–water partition coefficient (Wildman–Crippen LogP) is 3.62. The summed E-state index contributed by atoms with van der Waals surface area (Å²) in [7, 11) is 0. The van der Waals surface area contributed by atoms with Crippen molar-refractivity contribution in [2.24, 2.45) is 0 Å². The van der Waals surface area contributed by atoms with E-state index in [1.165, 1.54) is 0 Å². The molecule has 0 radical (unpaired) electrons. The summed E-state index contributed by atoms with van der Waals surface area (Å²) in [5.74, 6) is 0.504. The third kappa shape index (κ3) is 6.88. The molecule has 0 aliphatic carbocycles. The molecular formula is C32H40N6O4. The molecule has 2 aromatic carbocycles. The Morgan fingerprint density at radius 1 is 1.10 bits per heavy atom. The second kappa shape index (κ2) is 13.3. The molecule has 0 saturated carbocycles. The summed E-state index contributed by atoms with van der Waals surface area (Å²) in [6, 6.07) is 15.4. The standard InChI is InChI=1S/C32H40N6O4/c1-2-3-12-27-35-30-31(25-10-4-5-11-26(25)34-32(30)33)38(27)15-7-14-37(28(40)21-36-16-13-24(39)20-36)19-23-9-6-8-22(17-23)18-29(41)42/h4-6,8-11,17,24,39H,2-3,7,12-16,18-21H2,1H3,(H2,33,34)(H,41,42)/t24-/m1/s1. The van der Waals surface area contributed by atoms with E-state index in [0.29, 0.717) is 56.9 Å². The summed E-state index contributed by atoms with van der Waals surface area (Å²) < 4.78 is 2.25. The number of aliphatic hydroxyl groups is 1. The maximum atomic E-state index is 13.6. The van der Waals surface area contributed by atoms with Crippen molar-refractivity contribution in [3.8, 4) is 0 Å². The SMILES string of the molecule is CCCCc1nc2c(N)nc3ccccc3c2n1CCCN(Cc1cccc(CC(=O)O)c1)C(=O)CN1CC[C@@H](O)C1. The molecule has 10 heteroatoms. The quantitative estimate of drug-likeness (QED) is 0.221. The molecule has 4 N–H and O–H groups in total. The van der Waals surface area contributed by atoms with Gasteiger partial charge in [0.05, 0.1) is 30.1 Å². The van der Waals surface area contributed by atoms with Crippen molar-refractivity contribution in [1.29, 1.82) is 0 Å². The number of β-amino-alcohol motifs (C(OH)–C–C–N with tert-alkyl or cyclic N) is 1. The molecule has 1 aliphatic rings. The first-order chi connectivity index (χ1) is 20.3. The van der Waals surface area contributed by atoms with Gasteiger partial charge in [-0.1, -0.05) is 55.8 Å². The van der Waals surface area contributed by atoms with Gasteiger partial charge in [0, 0.05) is 44.5 Å². The van der Waals surface area contributed by atoms with Gasteiger partial charge in [-0.15, -0.1) is 0 Å². The summed E-state index contributed by atoms with van der Waals surface area (Å²) in [6.45, 7) is 5.16. The Labute approximate surface area is 245 Å². The highest BCUT2D eigenvalue weighted by Crippen LogP contribution is 2.29. The van der Waals surface area contributed by atoms with Crippen LogP contribution in [0.4, 0.5) is 5.82 Å². The first-order valence-electron chi connectivity index (χ1n) is 14.8. The number of nitrogens with two attached hydrogens (primary N) is 1. The smallest absolute Gasteiger partial charge is 0.307 e. The molecule has 4 aromatic rings. The summed E-state index contributed by atoms with van der Waals surface area (Å²) in [5.41, 5.74) is 10.5. The number of pyridine rings is 1. The van der Waals surface area contributed by atoms with E-state index >= 15 is 0 Å². The number of likely N-dealkylation sites (tertiary alicyclic amines) is 1. The van der Waals surface area contributed by atoms with Crippen LogP contribution in [-0.4, -0.2) is 78.7 Å². The topological polar surface area (TPSA) is 138 Å². The van der Waals surface area contributed by atoms with Crippen LogP contribution in [-0.2, 0) is 35.5 Å². The van der Waals surface area contributed by atoms with Crippen LogP contribution < -0.4 is 5.73 Å². The Bertz CT molecular complexity index is 1570. The van der Waals surface area contributed by atoms with Crippen molar-refractivity contribution < 1.29 is 19.8 Å². The lowest BCUT2D eigenvalue weighted by atomic mass is 10.1. The van der Waals surface area contributed by atoms with Gasteiger partial charge in [0.1, 0.15) is 11.3 Å². The molecule has 0 bridgehead atoms. The fourth-order valence-electron chi connectivity index (χ4n) is 5.86. The number of nitrogens with zero attached hydrogens (tertiary/aromatic N) is 5. The van der Waals surface area contributed by atoms with Crippen LogP contribution >= 0.6 is 0 Å². The van der Waals surface area contributed by atoms with Crippen LogP contribution in [0, 0.1) is 0 Å². The molecule has 3 heterocycles. The maximum Gasteiger partial charge on any atom is 0.307 e. The molecule has 1 amide bonds. The highest BCUT2D eigenvalue weighted by Gasteiger charge is 2.25. The third-order valence-corrected chi connectivity index (χ3v) is 7.93. The number of hydrogen-bond acceptors (Lipinski definition) is 7. The van der Waals surface area contributed by atoms with E-state index in [1.54, 1.807) is 6.07 Å². The molecular weight excluding hydrogens is 532 g/mol. The number of fused-ring (bicyclic) bond motifs is 3. The van der Waals surface area contributed by atoms with Gasteiger partial charge in [-0.3, -0.25) is 14.5 Å². The number of carboxylic acid groups (broad SMARTS) is 1. The van der Waals surface area contributed by atoms with Crippen molar-refractivity contribution in [1.82, 2.24) is 24.3 Å². The Morgan fingerprint density at radius 2 is 1.90 bits per heavy atom. The van der Waals surface area contributed by atoms with Crippen LogP contribution in [0.3, 0.4) is 0 Å². The van der Waals surface area contributed by atoms with Crippen molar-refractivity contribution >= 4 is 39.6 Å². The van der Waals surface area contributed by atoms with Gasteiger partial charge in [-0.2, -0.15) is 0 Å². The van der Waals surface area contributed by atoms with Gasteiger partial charge in [0.2, 0.25) is 5.91 Å². The summed E-state index contributed by atoms with van der Waals surface area (Å²) in [6.07, 6.45) is 3.80. The fourth-order valence-corrected chi connectivity index (χ4v) is 5.86. The van der Waals surface area contributed by atoms with Crippen molar-refractivity contribution in [2.75, 3.05) is 31.9 Å². The zero-order chi connectivity index (χ0) is 29.6. The first-order valence-corrected chi connectivity index (χ1v) is 14.8. The second-order valence-corrected chi connectivity index (χ2v) is 11.2. The number of carbonyl (C=O) groups excluding carboxylic acids is 1. The van der Waals surface area contributed by atoms with Crippen molar-refractivity contribution in [3.05, 3.63) is 65.5 Å². The molecule has 1 saturated heterocycles. The molecule has 2 aromatic heterocycles. The number of anilines is 1.